The van der Waals surface area contributed by atoms with Crippen LogP contribution >= 0.6 is 23.4 Å². The van der Waals surface area contributed by atoms with Crippen LogP contribution in [0.5, 0.6) is 0 Å². The average Bonchev–Trinajstić information content (AvgIpc) is 3.21. The summed E-state index contributed by atoms with van der Waals surface area (Å²) < 4.78 is 7.14. The Bertz CT molecular complexity index is 1200. The molecule has 0 N–H and O–H groups in total. The maximum absolute atomic E-state index is 13.0. The molecule has 148 valence electrons. The van der Waals surface area contributed by atoms with Crippen molar-refractivity contribution in [1.29, 1.82) is 0 Å². The summed E-state index contributed by atoms with van der Waals surface area (Å²) in [6, 6.07) is 14.7. The molecule has 6 nitrogen and oxygen atoms in total. The number of rotatable bonds is 6. The molecule has 2 aromatic heterocycles. The molecule has 0 aliphatic rings. The molecule has 0 saturated carbocycles. The predicted octanol–water partition coefficient (Wildman–Crippen LogP) is 5.36. The van der Waals surface area contributed by atoms with Crippen LogP contribution in [0.4, 0.5) is 0 Å². The molecule has 0 radical (unpaired) electrons. The Balaban J connectivity index is 1.63. The number of fused-ring (bicyclic) bond motifs is 1. The van der Waals surface area contributed by atoms with Crippen molar-refractivity contribution < 1.29 is 4.52 Å². The van der Waals surface area contributed by atoms with Gasteiger partial charge >= 0.3 is 0 Å². The Morgan fingerprint density at radius 3 is 2.66 bits per heavy atom. The first-order chi connectivity index (χ1) is 14.1. The third-order valence-electron chi connectivity index (χ3n) is 4.70. The van der Waals surface area contributed by atoms with Crippen molar-refractivity contribution in [1.82, 2.24) is 19.7 Å². The van der Waals surface area contributed by atoms with Crippen molar-refractivity contribution in [2.24, 2.45) is 0 Å². The second kappa shape index (κ2) is 8.39. The van der Waals surface area contributed by atoms with E-state index in [1.807, 2.05) is 43.3 Å². The number of hydrogen-bond donors (Lipinski definition) is 0. The van der Waals surface area contributed by atoms with Crippen LogP contribution in [-0.2, 0) is 5.75 Å². The van der Waals surface area contributed by atoms with Gasteiger partial charge < -0.3 is 4.52 Å². The van der Waals surface area contributed by atoms with Gasteiger partial charge in [0, 0.05) is 16.6 Å². The molecule has 29 heavy (non-hydrogen) atoms. The van der Waals surface area contributed by atoms with Crippen molar-refractivity contribution in [3.05, 3.63) is 69.8 Å². The van der Waals surface area contributed by atoms with E-state index in [0.29, 0.717) is 38.5 Å². The monoisotopic (exact) mass is 426 g/mol. The van der Waals surface area contributed by atoms with E-state index < -0.39 is 0 Å². The maximum atomic E-state index is 13.0. The van der Waals surface area contributed by atoms with Gasteiger partial charge in [0.15, 0.2) is 5.16 Å². The maximum Gasteiger partial charge on any atom is 0.262 e. The van der Waals surface area contributed by atoms with Crippen molar-refractivity contribution >= 4 is 34.3 Å². The summed E-state index contributed by atoms with van der Waals surface area (Å²) in [6.07, 6.45) is 0.828. The standard InChI is InChI=1S/C21H19ClN4O2S/c1-3-13(2)26-20(27)16-6-4-5-7-17(16)23-21(26)29-12-18-24-19(25-28-18)14-8-10-15(22)11-9-14/h4-11,13H,3,12H2,1-2H3/t13-/m1/s1. The van der Waals surface area contributed by atoms with Gasteiger partial charge in [0.1, 0.15) is 0 Å². The third-order valence-corrected chi connectivity index (χ3v) is 5.89. The summed E-state index contributed by atoms with van der Waals surface area (Å²) in [7, 11) is 0. The molecule has 0 saturated heterocycles. The molecule has 0 unspecified atom stereocenters. The molecular weight excluding hydrogens is 408 g/mol. The van der Waals surface area contributed by atoms with E-state index in [9.17, 15) is 4.79 Å². The fourth-order valence-corrected chi connectivity index (χ4v) is 4.02. The molecule has 2 aromatic carbocycles. The van der Waals surface area contributed by atoms with Gasteiger partial charge in [-0.25, -0.2) is 4.98 Å². The van der Waals surface area contributed by atoms with Crippen LogP contribution in [0.15, 0.2) is 63.0 Å². The van der Waals surface area contributed by atoms with Crippen LogP contribution < -0.4 is 5.56 Å². The van der Waals surface area contributed by atoms with E-state index >= 15 is 0 Å². The molecule has 4 aromatic rings. The topological polar surface area (TPSA) is 73.8 Å². The number of hydrogen-bond acceptors (Lipinski definition) is 6. The van der Waals surface area contributed by atoms with Gasteiger partial charge in [-0.1, -0.05) is 47.6 Å². The first-order valence-electron chi connectivity index (χ1n) is 9.29. The first-order valence-corrected chi connectivity index (χ1v) is 10.7. The second-order valence-electron chi connectivity index (χ2n) is 6.65. The summed E-state index contributed by atoms with van der Waals surface area (Å²) >= 11 is 7.34. The van der Waals surface area contributed by atoms with E-state index in [-0.39, 0.29) is 11.6 Å². The van der Waals surface area contributed by atoms with Crippen molar-refractivity contribution in [3.63, 3.8) is 0 Å². The minimum atomic E-state index is -0.0279. The lowest BCUT2D eigenvalue weighted by Crippen LogP contribution is -2.26. The van der Waals surface area contributed by atoms with E-state index in [2.05, 4.69) is 17.1 Å². The predicted molar refractivity (Wildman–Crippen MR) is 115 cm³/mol. The Kier molecular flexibility index (Phi) is 5.69. The second-order valence-corrected chi connectivity index (χ2v) is 8.03. The first kappa shape index (κ1) is 19.7. The van der Waals surface area contributed by atoms with Crippen molar-refractivity contribution in [2.75, 3.05) is 0 Å². The largest absolute Gasteiger partial charge is 0.338 e. The molecule has 8 heteroatoms. The van der Waals surface area contributed by atoms with Crippen LogP contribution in [0.25, 0.3) is 22.3 Å². The quantitative estimate of drug-likeness (QED) is 0.305. The SMILES string of the molecule is CC[C@@H](C)n1c(SCc2nc(-c3ccc(Cl)cc3)no2)nc2ccccc2c1=O. The molecule has 0 fully saturated rings. The molecular formula is C21H19ClN4O2S. The minimum Gasteiger partial charge on any atom is -0.338 e. The fourth-order valence-electron chi connectivity index (χ4n) is 2.95. The smallest absolute Gasteiger partial charge is 0.262 e. The Labute approximate surface area is 176 Å². The molecule has 4 rings (SSSR count). The lowest BCUT2D eigenvalue weighted by Gasteiger charge is -2.17. The molecule has 0 bridgehead atoms. The third kappa shape index (κ3) is 4.06. The molecule has 0 aliphatic carbocycles. The number of aromatic nitrogens is 4. The Morgan fingerprint density at radius 2 is 1.90 bits per heavy atom. The Hall–Kier alpha value is -2.64. The summed E-state index contributed by atoms with van der Waals surface area (Å²) in [5.74, 6) is 1.39. The van der Waals surface area contributed by atoms with Crippen LogP contribution in [0.1, 0.15) is 32.2 Å². The van der Waals surface area contributed by atoms with Crippen molar-refractivity contribution in [2.45, 2.75) is 37.2 Å². The van der Waals surface area contributed by atoms with E-state index in [1.54, 1.807) is 16.7 Å². The summed E-state index contributed by atoms with van der Waals surface area (Å²) in [5, 5.41) is 5.96. The molecule has 0 amide bonds. The summed E-state index contributed by atoms with van der Waals surface area (Å²) in [4.78, 5) is 22.2. The number of halogens is 1. The van der Waals surface area contributed by atoms with Gasteiger partial charge in [-0.2, -0.15) is 4.98 Å². The zero-order chi connectivity index (χ0) is 20.4. The minimum absolute atomic E-state index is 0.0279. The highest BCUT2D eigenvalue weighted by atomic mass is 35.5. The highest BCUT2D eigenvalue weighted by Crippen LogP contribution is 2.26. The Morgan fingerprint density at radius 1 is 1.14 bits per heavy atom. The fraction of sp³-hybridized carbons (Fsp3) is 0.238. The highest BCUT2D eigenvalue weighted by molar-refractivity contribution is 7.98. The van der Waals surface area contributed by atoms with E-state index in [1.165, 1.54) is 11.8 Å². The van der Waals surface area contributed by atoms with Crippen LogP contribution in [0, 0.1) is 0 Å². The van der Waals surface area contributed by atoms with Crippen LogP contribution in [0.2, 0.25) is 5.02 Å². The molecule has 1 atom stereocenters. The van der Waals surface area contributed by atoms with E-state index in [4.69, 9.17) is 21.1 Å². The zero-order valence-corrected chi connectivity index (χ0v) is 17.6. The van der Waals surface area contributed by atoms with Gasteiger partial charge in [-0.3, -0.25) is 9.36 Å². The van der Waals surface area contributed by atoms with Gasteiger partial charge in [0.25, 0.3) is 5.56 Å². The van der Waals surface area contributed by atoms with E-state index in [0.717, 1.165) is 12.0 Å². The molecule has 2 heterocycles. The van der Waals surface area contributed by atoms with Gasteiger partial charge in [0.05, 0.1) is 16.7 Å². The molecule has 0 spiro atoms. The summed E-state index contributed by atoms with van der Waals surface area (Å²) in [6.45, 7) is 4.07. The number of nitrogens with zero attached hydrogens (tertiary/aromatic N) is 4. The van der Waals surface area contributed by atoms with Gasteiger partial charge in [0.2, 0.25) is 11.7 Å². The zero-order valence-electron chi connectivity index (χ0n) is 16.0. The average molecular weight is 427 g/mol. The number of thioether (sulfide) groups is 1. The van der Waals surface area contributed by atoms with Crippen LogP contribution in [-0.4, -0.2) is 19.7 Å². The summed E-state index contributed by atoms with van der Waals surface area (Å²) in [5.41, 5.74) is 1.49. The number of para-hydroxylation sites is 1. The highest BCUT2D eigenvalue weighted by Gasteiger charge is 2.17. The lowest BCUT2D eigenvalue weighted by atomic mass is 10.2. The van der Waals surface area contributed by atoms with Crippen molar-refractivity contribution in [3.8, 4) is 11.4 Å². The van der Waals surface area contributed by atoms with Crippen LogP contribution in [0.3, 0.4) is 0 Å². The lowest BCUT2D eigenvalue weighted by molar-refractivity contribution is 0.391. The normalized spacial score (nSPS) is 12.4. The van der Waals surface area contributed by atoms with Gasteiger partial charge in [-0.05, 0) is 49.7 Å². The number of benzene rings is 2. The molecule has 0 aliphatic heterocycles. The van der Waals surface area contributed by atoms with Gasteiger partial charge in [-0.15, -0.1) is 0 Å².